The molecule has 2 atom stereocenters. The summed E-state index contributed by atoms with van der Waals surface area (Å²) in [6.45, 7) is 6.88. The van der Waals surface area contributed by atoms with E-state index in [1.54, 1.807) is 0 Å². The van der Waals surface area contributed by atoms with Crippen LogP contribution in [0.2, 0.25) is 0 Å². The third kappa shape index (κ3) is 3.50. The van der Waals surface area contributed by atoms with Gasteiger partial charge in [0.05, 0.1) is 6.07 Å². The van der Waals surface area contributed by atoms with E-state index in [-0.39, 0.29) is 6.04 Å². The largest absolute Gasteiger partial charge is 0.328 e. The van der Waals surface area contributed by atoms with E-state index >= 15 is 0 Å². The van der Waals surface area contributed by atoms with Crippen LogP contribution in [0.25, 0.3) is 11.4 Å². The molecule has 0 amide bonds. The molecule has 1 N–H and O–H groups in total. The van der Waals surface area contributed by atoms with E-state index in [4.69, 9.17) is 0 Å². The van der Waals surface area contributed by atoms with Gasteiger partial charge in [0.1, 0.15) is 11.4 Å². The highest BCUT2D eigenvalue weighted by Crippen LogP contribution is 2.26. The van der Waals surface area contributed by atoms with Crippen molar-refractivity contribution in [1.29, 1.82) is 5.26 Å². The highest BCUT2D eigenvalue weighted by Gasteiger charge is 2.26. The second-order valence-corrected chi connectivity index (χ2v) is 5.55. The molecule has 1 aromatic carbocycles. The van der Waals surface area contributed by atoms with Crippen LogP contribution in [0.4, 0.5) is 0 Å². The van der Waals surface area contributed by atoms with Gasteiger partial charge in [-0.1, -0.05) is 37.3 Å². The van der Waals surface area contributed by atoms with Crippen LogP contribution in [0.5, 0.6) is 0 Å². The molecular weight excluding hydrogens is 260 g/mol. The van der Waals surface area contributed by atoms with Crippen LogP contribution in [-0.2, 0) is 0 Å². The summed E-state index contributed by atoms with van der Waals surface area (Å²) in [7, 11) is 0. The van der Waals surface area contributed by atoms with E-state index in [2.05, 4.69) is 40.0 Å². The lowest BCUT2D eigenvalue weighted by atomic mass is 9.95. The second kappa shape index (κ2) is 6.55. The molecule has 0 bridgehead atoms. The van der Waals surface area contributed by atoms with Gasteiger partial charge in [0.25, 0.3) is 0 Å². The number of nitrogens with zero attached hydrogens (tertiary/aromatic N) is 3. The number of aromatic nitrogens is 2. The lowest BCUT2D eigenvalue weighted by Crippen LogP contribution is -2.42. The maximum atomic E-state index is 9.41. The summed E-state index contributed by atoms with van der Waals surface area (Å²) >= 11 is 0. The highest BCUT2D eigenvalue weighted by atomic mass is 15.1. The Morgan fingerprint density at radius 2 is 2.10 bits per heavy atom. The summed E-state index contributed by atoms with van der Waals surface area (Å²) in [6.07, 6.45) is 4.53. The molecule has 0 radical (unpaired) electrons. The van der Waals surface area contributed by atoms with Crippen molar-refractivity contribution in [2.24, 2.45) is 0 Å². The van der Waals surface area contributed by atoms with Crippen LogP contribution in [0.15, 0.2) is 42.7 Å². The first kappa shape index (κ1) is 15.3. The molecule has 1 aromatic heterocycles. The monoisotopic (exact) mass is 282 g/mol. The Morgan fingerprint density at radius 3 is 2.71 bits per heavy atom. The molecule has 1 heterocycles. The molecule has 0 saturated carbocycles. The van der Waals surface area contributed by atoms with Crippen LogP contribution in [-0.4, -0.2) is 21.6 Å². The predicted octanol–water partition coefficient (Wildman–Crippen LogP) is 3.39. The minimum absolute atomic E-state index is 0.186. The third-order valence-corrected chi connectivity index (χ3v) is 3.69. The van der Waals surface area contributed by atoms with Gasteiger partial charge in [-0.05, 0) is 26.8 Å². The Hall–Kier alpha value is -2.12. The minimum Gasteiger partial charge on any atom is -0.328 e. The van der Waals surface area contributed by atoms with Crippen LogP contribution in [0.1, 0.15) is 33.2 Å². The molecule has 0 spiro atoms. The average molecular weight is 282 g/mol. The SMILES string of the molecule is CCNC(C)(C#N)CC(C)n1ccnc1-c1ccccc1. The van der Waals surface area contributed by atoms with Crippen LogP contribution in [0, 0.1) is 11.3 Å². The van der Waals surface area contributed by atoms with Crippen LogP contribution < -0.4 is 5.32 Å². The smallest absolute Gasteiger partial charge is 0.140 e. The molecule has 0 saturated heterocycles. The van der Waals surface area contributed by atoms with E-state index in [0.717, 1.165) is 24.4 Å². The molecule has 0 aliphatic rings. The Bertz CT molecular complexity index is 611. The standard InChI is InChI=1S/C17H22N4/c1-4-20-17(3,13-18)12-14(2)21-11-10-19-16(21)15-8-6-5-7-9-15/h5-11,14,20H,4,12H2,1-3H3. The first-order chi connectivity index (χ1) is 10.1. The molecule has 0 fully saturated rings. The highest BCUT2D eigenvalue weighted by molar-refractivity contribution is 5.55. The Morgan fingerprint density at radius 1 is 1.38 bits per heavy atom. The van der Waals surface area contributed by atoms with Crippen molar-refractivity contribution in [3.05, 3.63) is 42.7 Å². The fraction of sp³-hybridized carbons (Fsp3) is 0.412. The minimum atomic E-state index is -0.521. The number of benzene rings is 1. The molecule has 4 heteroatoms. The van der Waals surface area contributed by atoms with Crippen LogP contribution in [0.3, 0.4) is 0 Å². The summed E-state index contributed by atoms with van der Waals surface area (Å²) < 4.78 is 2.14. The third-order valence-electron chi connectivity index (χ3n) is 3.69. The van der Waals surface area contributed by atoms with Crippen molar-refractivity contribution in [2.45, 2.75) is 38.8 Å². The van der Waals surface area contributed by atoms with Crippen molar-refractivity contribution >= 4 is 0 Å². The van der Waals surface area contributed by atoms with Gasteiger partial charge in [-0.25, -0.2) is 4.98 Å². The number of hydrogen-bond acceptors (Lipinski definition) is 3. The maximum Gasteiger partial charge on any atom is 0.140 e. The van der Waals surface area contributed by atoms with Gasteiger partial charge in [-0.3, -0.25) is 5.32 Å². The quantitative estimate of drug-likeness (QED) is 0.883. The fourth-order valence-corrected chi connectivity index (χ4v) is 2.72. The van der Waals surface area contributed by atoms with Crippen molar-refractivity contribution in [1.82, 2.24) is 14.9 Å². The Kier molecular flexibility index (Phi) is 4.77. The zero-order chi connectivity index (χ0) is 15.3. The van der Waals surface area contributed by atoms with Gasteiger partial charge in [-0.2, -0.15) is 5.26 Å². The molecule has 2 aromatic rings. The van der Waals surface area contributed by atoms with E-state index in [1.165, 1.54) is 0 Å². The molecule has 110 valence electrons. The summed E-state index contributed by atoms with van der Waals surface area (Å²) in [5, 5.41) is 12.7. The van der Waals surface area contributed by atoms with E-state index in [0.29, 0.717) is 0 Å². The normalized spacial score (nSPS) is 15.1. The lowest BCUT2D eigenvalue weighted by molar-refractivity contribution is 0.355. The van der Waals surface area contributed by atoms with Gasteiger partial charge in [0.2, 0.25) is 0 Å². The molecule has 4 nitrogen and oxygen atoms in total. The second-order valence-electron chi connectivity index (χ2n) is 5.55. The molecule has 2 rings (SSSR count). The topological polar surface area (TPSA) is 53.6 Å². The van der Waals surface area contributed by atoms with Gasteiger partial charge in [-0.15, -0.1) is 0 Å². The number of nitrogens with one attached hydrogen (secondary N) is 1. The lowest BCUT2D eigenvalue weighted by Gasteiger charge is -2.27. The van der Waals surface area contributed by atoms with E-state index in [1.807, 2.05) is 44.4 Å². The van der Waals surface area contributed by atoms with E-state index < -0.39 is 5.54 Å². The fourth-order valence-electron chi connectivity index (χ4n) is 2.72. The number of hydrogen-bond donors (Lipinski definition) is 1. The summed E-state index contributed by atoms with van der Waals surface area (Å²) in [4.78, 5) is 4.47. The first-order valence-electron chi connectivity index (χ1n) is 7.34. The number of imidazole rings is 1. The van der Waals surface area contributed by atoms with Crippen molar-refractivity contribution in [3.8, 4) is 17.5 Å². The number of rotatable bonds is 6. The molecule has 0 aliphatic heterocycles. The maximum absolute atomic E-state index is 9.41. The first-order valence-corrected chi connectivity index (χ1v) is 7.34. The van der Waals surface area contributed by atoms with Gasteiger partial charge in [0.15, 0.2) is 0 Å². The summed E-state index contributed by atoms with van der Waals surface area (Å²) in [5.41, 5.74) is 0.573. The van der Waals surface area contributed by atoms with Gasteiger partial charge in [0, 0.05) is 24.0 Å². The van der Waals surface area contributed by atoms with Gasteiger partial charge >= 0.3 is 0 Å². The predicted molar refractivity (Wildman–Crippen MR) is 84.7 cm³/mol. The molecular formula is C17H22N4. The molecule has 0 aliphatic carbocycles. The zero-order valence-corrected chi connectivity index (χ0v) is 12.9. The van der Waals surface area contributed by atoms with Crippen molar-refractivity contribution < 1.29 is 0 Å². The summed E-state index contributed by atoms with van der Waals surface area (Å²) in [5.74, 6) is 0.944. The average Bonchev–Trinajstić information content (AvgIpc) is 2.98. The number of nitriles is 1. The van der Waals surface area contributed by atoms with Crippen molar-refractivity contribution in [3.63, 3.8) is 0 Å². The summed E-state index contributed by atoms with van der Waals surface area (Å²) in [6, 6.07) is 12.7. The molecule has 2 unspecified atom stereocenters. The van der Waals surface area contributed by atoms with Crippen molar-refractivity contribution in [2.75, 3.05) is 6.54 Å². The van der Waals surface area contributed by atoms with E-state index in [9.17, 15) is 5.26 Å². The van der Waals surface area contributed by atoms with Gasteiger partial charge < -0.3 is 4.57 Å². The zero-order valence-electron chi connectivity index (χ0n) is 12.9. The Labute approximate surface area is 126 Å². The molecule has 21 heavy (non-hydrogen) atoms. The Balaban J connectivity index is 2.24. The van der Waals surface area contributed by atoms with Crippen LogP contribution >= 0.6 is 0 Å².